The molecule has 4 nitrogen and oxygen atoms in total. The fourth-order valence-corrected chi connectivity index (χ4v) is 3.63. The number of amides is 1. The van der Waals surface area contributed by atoms with Gasteiger partial charge in [-0.3, -0.25) is 9.69 Å². The normalized spacial score (nSPS) is 23.3. The molecule has 2 heterocycles. The van der Waals surface area contributed by atoms with Gasteiger partial charge in [-0.2, -0.15) is 0 Å². The van der Waals surface area contributed by atoms with Crippen LogP contribution >= 0.6 is 0 Å². The van der Waals surface area contributed by atoms with Gasteiger partial charge in [0.1, 0.15) is 0 Å². The zero-order valence-electron chi connectivity index (χ0n) is 14.6. The summed E-state index contributed by atoms with van der Waals surface area (Å²) < 4.78 is 0. The van der Waals surface area contributed by atoms with E-state index in [-0.39, 0.29) is 11.5 Å². The molecule has 1 atom stereocenters. The van der Waals surface area contributed by atoms with Crippen LogP contribution in [0.4, 0.5) is 0 Å². The van der Waals surface area contributed by atoms with Crippen LogP contribution in [0.15, 0.2) is 30.3 Å². The standard InChI is InChI=1S/C19H29N3O/c1-15(17-11-20-12-17)18(23)21-9-10-22(19(2,3)14-21)13-16-7-5-4-6-8-16/h4-8,15,17,20H,9-14H2,1-3H3. The van der Waals surface area contributed by atoms with E-state index in [2.05, 4.69) is 66.2 Å². The third-order valence-corrected chi connectivity index (χ3v) is 5.51. The van der Waals surface area contributed by atoms with Gasteiger partial charge >= 0.3 is 0 Å². The fraction of sp³-hybridized carbons (Fsp3) is 0.632. The molecule has 0 aromatic heterocycles. The van der Waals surface area contributed by atoms with Gasteiger partial charge in [0.25, 0.3) is 0 Å². The summed E-state index contributed by atoms with van der Waals surface area (Å²) >= 11 is 0. The van der Waals surface area contributed by atoms with Gasteiger partial charge in [-0.1, -0.05) is 37.3 Å². The number of carbonyl (C=O) groups excluding carboxylic acids is 1. The van der Waals surface area contributed by atoms with E-state index in [0.717, 1.165) is 39.3 Å². The number of hydrogen-bond acceptors (Lipinski definition) is 3. The van der Waals surface area contributed by atoms with E-state index < -0.39 is 0 Å². The second-order valence-corrected chi connectivity index (χ2v) is 7.69. The average Bonchev–Trinajstić information content (AvgIpc) is 2.47. The lowest BCUT2D eigenvalue weighted by atomic mass is 9.87. The molecule has 1 unspecified atom stereocenters. The highest BCUT2D eigenvalue weighted by Gasteiger charge is 2.38. The fourth-order valence-electron chi connectivity index (χ4n) is 3.63. The Hall–Kier alpha value is -1.39. The monoisotopic (exact) mass is 315 g/mol. The predicted octanol–water partition coefficient (Wildman–Crippen LogP) is 1.96. The first-order chi connectivity index (χ1) is 11.0. The van der Waals surface area contributed by atoms with Crippen molar-refractivity contribution in [3.8, 4) is 0 Å². The molecule has 1 aromatic carbocycles. The van der Waals surface area contributed by atoms with Crippen LogP contribution in [0.3, 0.4) is 0 Å². The van der Waals surface area contributed by atoms with Crippen molar-refractivity contribution in [2.75, 3.05) is 32.7 Å². The highest BCUT2D eigenvalue weighted by atomic mass is 16.2. The SMILES string of the molecule is CC(C(=O)N1CCN(Cc2ccccc2)C(C)(C)C1)C1CNC1. The van der Waals surface area contributed by atoms with Gasteiger partial charge < -0.3 is 10.2 Å². The molecule has 1 amide bonds. The van der Waals surface area contributed by atoms with Crippen LogP contribution in [0.5, 0.6) is 0 Å². The van der Waals surface area contributed by atoms with Crippen molar-refractivity contribution in [1.29, 1.82) is 0 Å². The number of hydrogen-bond donors (Lipinski definition) is 1. The Morgan fingerprint density at radius 3 is 2.52 bits per heavy atom. The van der Waals surface area contributed by atoms with Crippen LogP contribution in [0.2, 0.25) is 0 Å². The zero-order chi connectivity index (χ0) is 16.4. The summed E-state index contributed by atoms with van der Waals surface area (Å²) in [5.74, 6) is 1.00. The third kappa shape index (κ3) is 3.59. The lowest BCUT2D eigenvalue weighted by molar-refractivity contribution is -0.142. The Bertz CT molecular complexity index is 539. The van der Waals surface area contributed by atoms with Gasteiger partial charge in [0.2, 0.25) is 5.91 Å². The smallest absolute Gasteiger partial charge is 0.225 e. The Morgan fingerprint density at radius 1 is 1.26 bits per heavy atom. The van der Waals surface area contributed by atoms with E-state index in [1.165, 1.54) is 5.56 Å². The molecule has 0 radical (unpaired) electrons. The van der Waals surface area contributed by atoms with Gasteiger partial charge in [-0.05, 0) is 38.4 Å². The number of rotatable bonds is 4. The van der Waals surface area contributed by atoms with Crippen LogP contribution in [0, 0.1) is 11.8 Å². The maximum atomic E-state index is 12.8. The molecule has 1 aromatic rings. The Morgan fingerprint density at radius 2 is 1.96 bits per heavy atom. The van der Waals surface area contributed by atoms with Crippen LogP contribution in [0.25, 0.3) is 0 Å². The van der Waals surface area contributed by atoms with E-state index in [1.807, 2.05) is 0 Å². The average molecular weight is 315 g/mol. The maximum absolute atomic E-state index is 12.8. The molecule has 0 saturated carbocycles. The summed E-state index contributed by atoms with van der Waals surface area (Å²) in [5, 5.41) is 3.27. The second kappa shape index (κ2) is 6.62. The summed E-state index contributed by atoms with van der Waals surface area (Å²) in [6, 6.07) is 10.6. The molecule has 126 valence electrons. The van der Waals surface area contributed by atoms with Crippen molar-refractivity contribution in [2.45, 2.75) is 32.9 Å². The predicted molar refractivity (Wildman–Crippen MR) is 93.0 cm³/mol. The molecule has 2 aliphatic rings. The molecule has 3 rings (SSSR count). The van der Waals surface area contributed by atoms with E-state index in [4.69, 9.17) is 0 Å². The molecule has 2 fully saturated rings. The third-order valence-electron chi connectivity index (χ3n) is 5.51. The highest BCUT2D eigenvalue weighted by molar-refractivity contribution is 5.79. The minimum Gasteiger partial charge on any atom is -0.339 e. The van der Waals surface area contributed by atoms with Gasteiger partial charge in [-0.15, -0.1) is 0 Å². The molecule has 4 heteroatoms. The summed E-state index contributed by atoms with van der Waals surface area (Å²) in [5.41, 5.74) is 1.36. The molecular formula is C19H29N3O. The number of nitrogens with one attached hydrogen (secondary N) is 1. The Balaban J connectivity index is 1.61. The molecule has 0 aliphatic carbocycles. The van der Waals surface area contributed by atoms with Crippen molar-refractivity contribution < 1.29 is 4.79 Å². The molecule has 1 N–H and O–H groups in total. The van der Waals surface area contributed by atoms with Crippen LogP contribution in [-0.4, -0.2) is 54.0 Å². The summed E-state index contributed by atoms with van der Waals surface area (Å²) in [6.07, 6.45) is 0. The first kappa shape index (κ1) is 16.5. The zero-order valence-corrected chi connectivity index (χ0v) is 14.6. The van der Waals surface area contributed by atoms with Crippen LogP contribution in [0.1, 0.15) is 26.3 Å². The van der Waals surface area contributed by atoms with Crippen LogP contribution < -0.4 is 5.32 Å². The minimum atomic E-state index is 0.0152. The number of nitrogens with zero attached hydrogens (tertiary/aromatic N) is 2. The van der Waals surface area contributed by atoms with Gasteiger partial charge in [-0.25, -0.2) is 0 Å². The Labute approximate surface area is 139 Å². The second-order valence-electron chi connectivity index (χ2n) is 7.69. The maximum Gasteiger partial charge on any atom is 0.225 e. The molecule has 2 aliphatic heterocycles. The molecule has 23 heavy (non-hydrogen) atoms. The van der Waals surface area contributed by atoms with Gasteiger partial charge in [0.15, 0.2) is 0 Å². The summed E-state index contributed by atoms with van der Waals surface area (Å²) in [6.45, 7) is 12.2. The van der Waals surface area contributed by atoms with Crippen LogP contribution in [-0.2, 0) is 11.3 Å². The molecule has 0 bridgehead atoms. The lowest BCUT2D eigenvalue weighted by Gasteiger charge is -2.48. The first-order valence-corrected chi connectivity index (χ1v) is 8.76. The van der Waals surface area contributed by atoms with E-state index in [0.29, 0.717) is 11.8 Å². The molecule has 2 saturated heterocycles. The van der Waals surface area contributed by atoms with Crippen molar-refractivity contribution in [3.63, 3.8) is 0 Å². The van der Waals surface area contributed by atoms with Gasteiger partial charge in [0, 0.05) is 37.6 Å². The summed E-state index contributed by atoms with van der Waals surface area (Å²) in [4.78, 5) is 17.4. The first-order valence-electron chi connectivity index (χ1n) is 8.76. The number of benzene rings is 1. The van der Waals surface area contributed by atoms with Crippen molar-refractivity contribution >= 4 is 5.91 Å². The largest absolute Gasteiger partial charge is 0.339 e. The Kier molecular flexibility index (Phi) is 4.74. The summed E-state index contributed by atoms with van der Waals surface area (Å²) in [7, 11) is 0. The number of carbonyl (C=O) groups is 1. The highest BCUT2D eigenvalue weighted by Crippen LogP contribution is 2.26. The van der Waals surface area contributed by atoms with E-state index in [1.54, 1.807) is 0 Å². The molecule has 0 spiro atoms. The van der Waals surface area contributed by atoms with Gasteiger partial charge in [0.05, 0.1) is 0 Å². The molecular weight excluding hydrogens is 286 g/mol. The van der Waals surface area contributed by atoms with Crippen molar-refractivity contribution in [3.05, 3.63) is 35.9 Å². The van der Waals surface area contributed by atoms with Crippen molar-refractivity contribution in [1.82, 2.24) is 15.1 Å². The van der Waals surface area contributed by atoms with E-state index >= 15 is 0 Å². The lowest BCUT2D eigenvalue weighted by Crippen LogP contribution is -2.61. The van der Waals surface area contributed by atoms with Crippen molar-refractivity contribution in [2.24, 2.45) is 11.8 Å². The minimum absolute atomic E-state index is 0.0152. The topological polar surface area (TPSA) is 35.6 Å². The van der Waals surface area contributed by atoms with E-state index in [9.17, 15) is 4.79 Å². The quantitative estimate of drug-likeness (QED) is 0.923. The number of piperazine rings is 1.